The van der Waals surface area contributed by atoms with E-state index in [1.807, 2.05) is 37.2 Å². The van der Waals surface area contributed by atoms with Gasteiger partial charge in [0.25, 0.3) is 5.91 Å². The van der Waals surface area contributed by atoms with E-state index in [9.17, 15) is 4.79 Å². The van der Waals surface area contributed by atoms with Crippen molar-refractivity contribution in [3.8, 4) is 5.75 Å². The highest BCUT2D eigenvalue weighted by Crippen LogP contribution is 2.35. The lowest BCUT2D eigenvalue weighted by atomic mass is 10.1. The molecule has 0 bridgehead atoms. The van der Waals surface area contributed by atoms with Crippen LogP contribution in [0.25, 0.3) is 0 Å². The number of ether oxygens (including phenoxy) is 1. The topological polar surface area (TPSA) is 32.8 Å². The molecule has 1 aliphatic heterocycles. The first-order valence-electron chi connectivity index (χ1n) is 5.81. The highest BCUT2D eigenvalue weighted by atomic mass is 35.5. The number of anilines is 1. The third kappa shape index (κ3) is 2.60. The van der Waals surface area contributed by atoms with Gasteiger partial charge in [-0.2, -0.15) is 0 Å². The largest absolute Gasteiger partial charge is 0.482 e. The SMILES string of the molecule is CN(C)CC(Cl)c1ccc2c(c1)N(C)C(=O)CO2. The number of halogens is 1. The molecule has 4 nitrogen and oxygen atoms in total. The fraction of sp³-hybridized carbons (Fsp3) is 0.462. The molecule has 0 aromatic heterocycles. The zero-order valence-corrected chi connectivity index (χ0v) is 11.6. The number of fused-ring (bicyclic) bond motifs is 1. The summed E-state index contributed by atoms with van der Waals surface area (Å²) in [5.74, 6) is 0.688. The molecular formula is C13H17ClN2O2. The number of carbonyl (C=O) groups excluding carboxylic acids is 1. The number of carbonyl (C=O) groups is 1. The van der Waals surface area contributed by atoms with Gasteiger partial charge in [0.15, 0.2) is 6.61 Å². The maximum absolute atomic E-state index is 11.6. The Bertz CT molecular complexity index is 462. The Morgan fingerprint density at radius 3 is 2.89 bits per heavy atom. The third-order valence-corrected chi connectivity index (χ3v) is 3.35. The summed E-state index contributed by atoms with van der Waals surface area (Å²) in [5.41, 5.74) is 1.78. The van der Waals surface area contributed by atoms with Gasteiger partial charge in [-0.05, 0) is 31.8 Å². The van der Waals surface area contributed by atoms with Crippen LogP contribution in [0, 0.1) is 0 Å². The maximum Gasteiger partial charge on any atom is 0.264 e. The molecule has 5 heteroatoms. The van der Waals surface area contributed by atoms with Crippen molar-refractivity contribution in [1.82, 2.24) is 4.90 Å². The zero-order valence-electron chi connectivity index (χ0n) is 10.8. The van der Waals surface area contributed by atoms with Crippen molar-refractivity contribution in [2.24, 2.45) is 0 Å². The number of hydrogen-bond acceptors (Lipinski definition) is 3. The van der Waals surface area contributed by atoms with Crippen molar-refractivity contribution in [3.05, 3.63) is 23.8 Å². The summed E-state index contributed by atoms with van der Waals surface area (Å²) >= 11 is 6.34. The Balaban J connectivity index is 2.28. The molecule has 0 saturated heterocycles. The number of hydrogen-bond donors (Lipinski definition) is 0. The summed E-state index contributed by atoms with van der Waals surface area (Å²) in [5, 5.41) is -0.101. The first-order chi connectivity index (χ1) is 8.49. The molecule has 0 N–H and O–H groups in total. The Hall–Kier alpha value is -1.26. The fourth-order valence-corrected chi connectivity index (χ4v) is 2.32. The van der Waals surface area contributed by atoms with Crippen LogP contribution in [0.5, 0.6) is 5.75 Å². The van der Waals surface area contributed by atoms with Crippen molar-refractivity contribution < 1.29 is 9.53 Å². The smallest absolute Gasteiger partial charge is 0.264 e. The summed E-state index contributed by atoms with van der Waals surface area (Å²) in [7, 11) is 5.71. The Labute approximate surface area is 112 Å². The van der Waals surface area contributed by atoms with Gasteiger partial charge in [-0.1, -0.05) is 6.07 Å². The normalized spacial score (nSPS) is 16.5. The van der Waals surface area contributed by atoms with E-state index in [4.69, 9.17) is 16.3 Å². The summed E-state index contributed by atoms with van der Waals surface area (Å²) in [6.07, 6.45) is 0. The molecule has 1 heterocycles. The molecule has 0 saturated carbocycles. The van der Waals surface area contributed by atoms with Crippen LogP contribution in [0.1, 0.15) is 10.9 Å². The maximum atomic E-state index is 11.6. The Morgan fingerprint density at radius 1 is 1.50 bits per heavy atom. The minimum atomic E-state index is -0.101. The van der Waals surface area contributed by atoms with Gasteiger partial charge >= 0.3 is 0 Å². The molecule has 1 unspecified atom stereocenters. The van der Waals surface area contributed by atoms with E-state index < -0.39 is 0 Å². The first kappa shape index (κ1) is 13.2. The molecule has 2 rings (SSSR count). The van der Waals surface area contributed by atoms with Crippen LogP contribution in [0.4, 0.5) is 5.69 Å². The van der Waals surface area contributed by atoms with Crippen molar-refractivity contribution in [1.29, 1.82) is 0 Å². The molecule has 1 amide bonds. The molecule has 1 aromatic rings. The van der Waals surface area contributed by atoms with E-state index in [-0.39, 0.29) is 17.9 Å². The van der Waals surface area contributed by atoms with Gasteiger partial charge in [0.2, 0.25) is 0 Å². The van der Waals surface area contributed by atoms with Gasteiger partial charge in [-0.3, -0.25) is 4.79 Å². The number of nitrogens with zero attached hydrogens (tertiary/aromatic N) is 2. The fourth-order valence-electron chi connectivity index (χ4n) is 1.91. The standard InChI is InChI=1S/C13H17ClN2O2/c1-15(2)7-10(14)9-4-5-12-11(6-9)16(3)13(17)8-18-12/h4-6,10H,7-8H2,1-3H3. The third-order valence-electron chi connectivity index (χ3n) is 2.96. The van der Waals surface area contributed by atoms with E-state index >= 15 is 0 Å². The monoisotopic (exact) mass is 268 g/mol. The van der Waals surface area contributed by atoms with Crippen molar-refractivity contribution in [3.63, 3.8) is 0 Å². The molecule has 1 aliphatic rings. The number of likely N-dealkylation sites (N-methyl/N-ethyl adjacent to an activating group) is 2. The number of alkyl halides is 1. The van der Waals surface area contributed by atoms with E-state index in [1.165, 1.54) is 0 Å². The summed E-state index contributed by atoms with van der Waals surface area (Å²) < 4.78 is 5.38. The van der Waals surface area contributed by atoms with Crippen LogP contribution in [0.15, 0.2) is 18.2 Å². The number of rotatable bonds is 3. The van der Waals surface area contributed by atoms with E-state index in [0.29, 0.717) is 0 Å². The molecule has 0 fully saturated rings. The minimum Gasteiger partial charge on any atom is -0.482 e. The van der Waals surface area contributed by atoms with Gasteiger partial charge in [-0.25, -0.2) is 0 Å². The van der Waals surface area contributed by atoms with Crippen molar-refractivity contribution in [2.75, 3.05) is 39.2 Å². The van der Waals surface area contributed by atoms with Crippen LogP contribution in [-0.2, 0) is 4.79 Å². The van der Waals surface area contributed by atoms with Gasteiger partial charge < -0.3 is 14.5 Å². The van der Waals surface area contributed by atoms with E-state index in [1.54, 1.807) is 11.9 Å². The second kappa shape index (κ2) is 5.16. The second-order valence-electron chi connectivity index (χ2n) is 4.70. The van der Waals surface area contributed by atoms with Crippen molar-refractivity contribution in [2.45, 2.75) is 5.38 Å². The van der Waals surface area contributed by atoms with Crippen molar-refractivity contribution >= 4 is 23.2 Å². The van der Waals surface area contributed by atoms with Crippen LogP contribution in [0.2, 0.25) is 0 Å². The lowest BCUT2D eigenvalue weighted by Gasteiger charge is -2.27. The average molecular weight is 269 g/mol. The van der Waals surface area contributed by atoms with Gasteiger partial charge in [0, 0.05) is 13.6 Å². The Morgan fingerprint density at radius 2 is 2.22 bits per heavy atom. The summed E-state index contributed by atoms with van der Waals surface area (Å²) in [4.78, 5) is 15.2. The van der Waals surface area contributed by atoms with E-state index in [2.05, 4.69) is 0 Å². The lowest BCUT2D eigenvalue weighted by Crippen LogP contribution is -2.35. The predicted octanol–water partition coefficient (Wildman–Crippen LogP) is 1.88. The van der Waals surface area contributed by atoms with Crippen LogP contribution in [-0.4, -0.2) is 45.1 Å². The Kier molecular flexibility index (Phi) is 3.78. The second-order valence-corrected chi connectivity index (χ2v) is 5.23. The number of benzene rings is 1. The highest BCUT2D eigenvalue weighted by Gasteiger charge is 2.23. The highest BCUT2D eigenvalue weighted by molar-refractivity contribution is 6.21. The molecule has 18 heavy (non-hydrogen) atoms. The molecule has 1 atom stereocenters. The lowest BCUT2D eigenvalue weighted by molar-refractivity contribution is -0.120. The quantitative estimate of drug-likeness (QED) is 0.785. The molecule has 98 valence electrons. The number of amides is 1. The predicted molar refractivity (Wildman–Crippen MR) is 72.5 cm³/mol. The molecule has 0 spiro atoms. The minimum absolute atomic E-state index is 0.0432. The average Bonchev–Trinajstić information content (AvgIpc) is 2.33. The summed E-state index contributed by atoms with van der Waals surface area (Å²) in [6.45, 7) is 0.851. The van der Waals surface area contributed by atoms with Gasteiger partial charge in [-0.15, -0.1) is 11.6 Å². The molecule has 0 radical (unpaired) electrons. The van der Waals surface area contributed by atoms with Crippen LogP contribution in [0.3, 0.4) is 0 Å². The first-order valence-corrected chi connectivity index (χ1v) is 6.25. The van der Waals surface area contributed by atoms with Crippen LogP contribution < -0.4 is 9.64 Å². The summed E-state index contributed by atoms with van der Waals surface area (Å²) in [6, 6.07) is 5.75. The molecular weight excluding hydrogens is 252 g/mol. The zero-order chi connectivity index (χ0) is 13.3. The molecule has 0 aliphatic carbocycles. The van der Waals surface area contributed by atoms with Gasteiger partial charge in [0.1, 0.15) is 5.75 Å². The van der Waals surface area contributed by atoms with E-state index in [0.717, 1.165) is 23.5 Å². The van der Waals surface area contributed by atoms with Crippen LogP contribution >= 0.6 is 11.6 Å². The van der Waals surface area contributed by atoms with Gasteiger partial charge in [0.05, 0.1) is 11.1 Å². The molecule has 1 aromatic carbocycles.